The van der Waals surface area contributed by atoms with E-state index >= 15 is 0 Å². The Morgan fingerprint density at radius 2 is 2.00 bits per heavy atom. The molecule has 1 aliphatic rings. The largest absolute Gasteiger partial charge is 0.176 e. The van der Waals surface area contributed by atoms with E-state index < -0.39 is 0 Å². The molecule has 0 aromatic rings. The monoisotopic (exact) mass is 100 g/mol. The molecule has 0 bridgehead atoms. The van der Waals surface area contributed by atoms with Crippen molar-refractivity contribution >= 4 is 20.5 Å². The zero-order chi connectivity index (χ0) is 4.57. The Labute approximate surface area is 45.1 Å². The predicted octanol–water partition coefficient (Wildman–Crippen LogP) is 0.500. The lowest BCUT2D eigenvalue weighted by atomic mass is 9.70. The average Bonchev–Trinajstić information content (AvgIpc) is 1.61. The summed E-state index contributed by atoms with van der Waals surface area (Å²) in [6.45, 7) is 0. The van der Waals surface area contributed by atoms with Gasteiger partial charge in [0.25, 0.3) is 0 Å². The summed E-state index contributed by atoms with van der Waals surface area (Å²) < 4.78 is 0. The van der Waals surface area contributed by atoms with Crippen molar-refractivity contribution in [2.45, 2.75) is 23.9 Å². The van der Waals surface area contributed by atoms with Crippen molar-refractivity contribution in [3.05, 3.63) is 0 Å². The van der Waals surface area contributed by atoms with E-state index in [2.05, 4.69) is 20.5 Å². The van der Waals surface area contributed by atoms with Crippen LogP contribution in [0.15, 0.2) is 0 Å². The molecule has 0 N–H and O–H groups in total. The molecule has 0 aliphatic heterocycles. The van der Waals surface area contributed by atoms with Crippen LogP contribution in [-0.4, -0.2) is 13.1 Å². The van der Waals surface area contributed by atoms with Gasteiger partial charge in [-0.25, -0.2) is 0 Å². The Kier molecular flexibility index (Phi) is 1.14. The molecule has 0 saturated heterocycles. The minimum Gasteiger partial charge on any atom is -0.176 e. The molecule has 0 heterocycles. The van der Waals surface area contributed by atoms with Gasteiger partial charge in [-0.3, -0.25) is 0 Å². The molecule has 2 unspecified atom stereocenters. The van der Waals surface area contributed by atoms with Crippen molar-refractivity contribution < 1.29 is 0 Å². The summed E-state index contributed by atoms with van der Waals surface area (Å²) in [5.74, 6) is 0.897. The van der Waals surface area contributed by atoms with Gasteiger partial charge in [-0.05, 0) is 11.7 Å². The number of hydrogen-bond donors (Lipinski definition) is 1. The smallest absolute Gasteiger partial charge is 0.106 e. The van der Waals surface area contributed by atoms with Gasteiger partial charge in [-0.2, -0.15) is 12.6 Å². The van der Waals surface area contributed by atoms with E-state index in [1.807, 2.05) is 0 Å². The maximum absolute atomic E-state index is 4.28. The third kappa shape index (κ3) is 0.581. The van der Waals surface area contributed by atoms with Crippen LogP contribution in [0.5, 0.6) is 0 Å². The van der Waals surface area contributed by atoms with Gasteiger partial charge in [0, 0.05) is 0 Å². The fourth-order valence-corrected chi connectivity index (χ4v) is 0.947. The summed E-state index contributed by atoms with van der Waals surface area (Å²) in [6, 6.07) is 0. The Morgan fingerprint density at radius 3 is 2.00 bits per heavy atom. The molecule has 34 valence electrons. The van der Waals surface area contributed by atoms with Crippen LogP contribution in [0.1, 0.15) is 12.8 Å². The summed E-state index contributed by atoms with van der Waals surface area (Å²) in [7, 11) is 2.25. The van der Waals surface area contributed by atoms with Gasteiger partial charge in [0.15, 0.2) is 0 Å². The fraction of sp³-hybridized carbons (Fsp3) is 1.00. The predicted molar refractivity (Wildman–Crippen MR) is 34.3 cm³/mol. The lowest BCUT2D eigenvalue weighted by molar-refractivity contribution is 0.525. The SMILES string of the molecule is BC1CCC1S. The van der Waals surface area contributed by atoms with Crippen molar-refractivity contribution in [2.24, 2.45) is 0 Å². The van der Waals surface area contributed by atoms with Crippen molar-refractivity contribution in [1.29, 1.82) is 0 Å². The molecule has 2 atom stereocenters. The van der Waals surface area contributed by atoms with Gasteiger partial charge in [0.1, 0.15) is 7.85 Å². The van der Waals surface area contributed by atoms with Crippen molar-refractivity contribution in [3.63, 3.8) is 0 Å². The van der Waals surface area contributed by atoms with Crippen molar-refractivity contribution in [2.75, 3.05) is 0 Å². The standard InChI is InChI=1S/C4H9BS/c5-3-1-2-4(3)6/h3-4,6H,1-2,5H2. The molecule has 6 heavy (non-hydrogen) atoms. The second-order valence-corrected chi connectivity index (χ2v) is 2.79. The van der Waals surface area contributed by atoms with Gasteiger partial charge in [0.05, 0.1) is 0 Å². The summed E-state index contributed by atoms with van der Waals surface area (Å²) in [5, 5.41) is 0.727. The van der Waals surface area contributed by atoms with Crippen LogP contribution in [0.4, 0.5) is 0 Å². The molecule has 2 heteroatoms. The van der Waals surface area contributed by atoms with Crippen LogP contribution in [-0.2, 0) is 0 Å². The summed E-state index contributed by atoms with van der Waals surface area (Å²) in [5.41, 5.74) is 0. The third-order valence-electron chi connectivity index (χ3n) is 1.57. The highest BCUT2D eigenvalue weighted by atomic mass is 32.1. The molecule has 0 nitrogen and oxygen atoms in total. The first-order valence-corrected chi connectivity index (χ1v) is 3.00. The van der Waals surface area contributed by atoms with Crippen LogP contribution in [0.2, 0.25) is 5.82 Å². The molecule has 1 saturated carbocycles. The van der Waals surface area contributed by atoms with E-state index in [9.17, 15) is 0 Å². The summed E-state index contributed by atoms with van der Waals surface area (Å²) in [6.07, 6.45) is 2.73. The van der Waals surface area contributed by atoms with Crippen LogP contribution in [0, 0.1) is 0 Å². The molecular weight excluding hydrogens is 90.9 g/mol. The maximum Gasteiger partial charge on any atom is 0.106 e. The Hall–Kier alpha value is 0.415. The first kappa shape index (κ1) is 4.57. The average molecular weight is 100.0 g/mol. The normalized spacial score (nSPS) is 44.8. The van der Waals surface area contributed by atoms with Gasteiger partial charge in [-0.15, -0.1) is 0 Å². The second kappa shape index (κ2) is 1.49. The first-order chi connectivity index (χ1) is 2.80. The van der Waals surface area contributed by atoms with Crippen molar-refractivity contribution in [3.8, 4) is 0 Å². The highest BCUT2D eigenvalue weighted by Gasteiger charge is 2.21. The summed E-state index contributed by atoms with van der Waals surface area (Å²) in [4.78, 5) is 0. The molecule has 1 fully saturated rings. The third-order valence-corrected chi connectivity index (χ3v) is 2.34. The van der Waals surface area contributed by atoms with E-state index in [1.54, 1.807) is 0 Å². The maximum atomic E-state index is 4.28. The molecule has 0 amide bonds. The van der Waals surface area contributed by atoms with Gasteiger partial charge < -0.3 is 0 Å². The minimum absolute atomic E-state index is 0.727. The molecule has 0 radical (unpaired) electrons. The highest BCUT2D eigenvalue weighted by molar-refractivity contribution is 7.81. The minimum atomic E-state index is 0.727. The van der Waals surface area contributed by atoms with E-state index in [4.69, 9.17) is 0 Å². The molecular formula is C4H9BS. The zero-order valence-corrected chi connectivity index (χ0v) is 4.91. The zero-order valence-electron chi connectivity index (χ0n) is 4.02. The van der Waals surface area contributed by atoms with Crippen LogP contribution >= 0.6 is 12.6 Å². The highest BCUT2D eigenvalue weighted by Crippen LogP contribution is 2.33. The number of hydrogen-bond acceptors (Lipinski definition) is 1. The van der Waals surface area contributed by atoms with Gasteiger partial charge in [0.2, 0.25) is 0 Å². The Bertz CT molecular complexity index is 47.5. The topological polar surface area (TPSA) is 0 Å². The lowest BCUT2D eigenvalue weighted by Gasteiger charge is -2.28. The molecule has 0 aromatic carbocycles. The second-order valence-electron chi connectivity index (χ2n) is 2.12. The quantitative estimate of drug-likeness (QED) is 0.332. The van der Waals surface area contributed by atoms with Crippen molar-refractivity contribution in [1.82, 2.24) is 0 Å². The lowest BCUT2D eigenvalue weighted by Crippen LogP contribution is -2.20. The first-order valence-electron chi connectivity index (χ1n) is 2.49. The van der Waals surface area contributed by atoms with Crippen LogP contribution < -0.4 is 0 Å². The van der Waals surface area contributed by atoms with Crippen LogP contribution in [0.25, 0.3) is 0 Å². The Morgan fingerprint density at radius 1 is 1.50 bits per heavy atom. The Balaban J connectivity index is 2.20. The summed E-state index contributed by atoms with van der Waals surface area (Å²) >= 11 is 4.28. The molecule has 1 aliphatic carbocycles. The molecule has 1 rings (SSSR count). The van der Waals surface area contributed by atoms with Gasteiger partial charge in [-0.1, -0.05) is 12.2 Å². The number of thiol groups is 1. The molecule has 0 aromatic heterocycles. The van der Waals surface area contributed by atoms with E-state index in [1.165, 1.54) is 12.8 Å². The molecule has 0 spiro atoms. The fourth-order valence-electron chi connectivity index (χ4n) is 0.649. The van der Waals surface area contributed by atoms with E-state index in [0.717, 1.165) is 11.1 Å². The van der Waals surface area contributed by atoms with E-state index in [-0.39, 0.29) is 0 Å². The van der Waals surface area contributed by atoms with E-state index in [0.29, 0.717) is 0 Å². The van der Waals surface area contributed by atoms with Crippen LogP contribution in [0.3, 0.4) is 0 Å². The number of rotatable bonds is 0. The van der Waals surface area contributed by atoms with Gasteiger partial charge >= 0.3 is 0 Å².